The SMILES string of the molecule is CC(C)[C@@H]1NN(C)C2CCC(SC3CCCCC3CNC(=O)N[C@@H]3CC(C(C)(C)C)NN3C)CN21. The van der Waals surface area contributed by atoms with E-state index in [4.69, 9.17) is 0 Å². The maximum Gasteiger partial charge on any atom is 0.316 e. The number of nitrogens with zero attached hydrogens (tertiary/aromatic N) is 3. The average Bonchev–Trinajstić information content (AvgIpc) is 3.33. The van der Waals surface area contributed by atoms with Crippen molar-refractivity contribution in [2.75, 3.05) is 27.2 Å². The largest absolute Gasteiger partial charge is 0.338 e. The lowest BCUT2D eigenvalue weighted by molar-refractivity contribution is 0.0862. The van der Waals surface area contributed by atoms with Gasteiger partial charge in [0.15, 0.2) is 0 Å². The highest BCUT2D eigenvalue weighted by Crippen LogP contribution is 2.40. The van der Waals surface area contributed by atoms with E-state index < -0.39 is 0 Å². The molecular formula is C26H51N7OS. The summed E-state index contributed by atoms with van der Waals surface area (Å²) in [6, 6.07) is 0.340. The number of carbonyl (C=O) groups is 1. The molecule has 3 saturated heterocycles. The number of fused-ring (bicyclic) bond motifs is 1. The van der Waals surface area contributed by atoms with Crippen molar-refractivity contribution in [3.8, 4) is 0 Å². The monoisotopic (exact) mass is 509 g/mol. The number of nitrogens with one attached hydrogen (secondary N) is 4. The zero-order chi connectivity index (χ0) is 25.3. The van der Waals surface area contributed by atoms with Crippen LogP contribution in [0.4, 0.5) is 4.79 Å². The zero-order valence-electron chi connectivity index (χ0n) is 23.1. The van der Waals surface area contributed by atoms with Crippen molar-refractivity contribution in [2.45, 2.75) is 115 Å². The first-order valence-corrected chi connectivity index (χ1v) is 14.9. The molecule has 4 fully saturated rings. The van der Waals surface area contributed by atoms with E-state index in [1.54, 1.807) is 0 Å². The second-order valence-electron chi connectivity index (χ2n) is 12.8. The van der Waals surface area contributed by atoms with Crippen LogP contribution in [-0.2, 0) is 0 Å². The Morgan fingerprint density at radius 3 is 2.49 bits per heavy atom. The number of hydrazine groups is 2. The van der Waals surface area contributed by atoms with Gasteiger partial charge in [0.05, 0.1) is 18.5 Å². The first-order chi connectivity index (χ1) is 16.5. The Balaban J connectivity index is 1.26. The summed E-state index contributed by atoms with van der Waals surface area (Å²) >= 11 is 2.22. The van der Waals surface area contributed by atoms with Crippen LogP contribution in [0.15, 0.2) is 0 Å². The molecule has 35 heavy (non-hydrogen) atoms. The summed E-state index contributed by atoms with van der Waals surface area (Å²) in [6.45, 7) is 13.3. The van der Waals surface area contributed by atoms with Gasteiger partial charge in [-0.15, -0.1) is 0 Å². The van der Waals surface area contributed by atoms with E-state index >= 15 is 0 Å². The van der Waals surface area contributed by atoms with Crippen LogP contribution in [-0.4, -0.2) is 83.2 Å². The second-order valence-corrected chi connectivity index (χ2v) is 14.3. The molecule has 4 aliphatic rings. The van der Waals surface area contributed by atoms with Crippen molar-refractivity contribution in [1.82, 2.24) is 36.4 Å². The van der Waals surface area contributed by atoms with Crippen LogP contribution in [0.5, 0.6) is 0 Å². The molecule has 4 rings (SSSR count). The van der Waals surface area contributed by atoms with Crippen molar-refractivity contribution in [3.63, 3.8) is 0 Å². The molecule has 7 atom stereocenters. The van der Waals surface area contributed by atoms with E-state index in [9.17, 15) is 4.79 Å². The molecule has 3 aliphatic heterocycles. The van der Waals surface area contributed by atoms with E-state index in [1.807, 2.05) is 7.05 Å². The highest BCUT2D eigenvalue weighted by Gasteiger charge is 2.43. The quantitative estimate of drug-likeness (QED) is 0.437. The summed E-state index contributed by atoms with van der Waals surface area (Å²) in [6.07, 6.45) is 9.59. The molecule has 0 aromatic rings. The third-order valence-electron chi connectivity index (χ3n) is 8.68. The van der Waals surface area contributed by atoms with Gasteiger partial charge in [-0.2, -0.15) is 11.8 Å². The second kappa shape index (κ2) is 11.4. The predicted octanol–water partition coefficient (Wildman–Crippen LogP) is 3.38. The highest BCUT2D eigenvalue weighted by atomic mass is 32.2. The number of rotatable bonds is 6. The van der Waals surface area contributed by atoms with Gasteiger partial charge < -0.3 is 10.6 Å². The van der Waals surface area contributed by atoms with E-state index in [2.05, 4.69) is 89.8 Å². The molecular weight excluding hydrogens is 458 g/mol. The van der Waals surface area contributed by atoms with E-state index in [0.717, 1.165) is 13.0 Å². The standard InChI is InChI=1S/C26H51N7OS/c1-17(2)24-30-32(7)23-13-12-19(16-33(23)24)35-20-11-9-8-10-18(20)15-27-25(34)28-22-14-21(26(3,4)5)29-31(22)6/h17-24,29-30H,8-16H2,1-7H3,(H2,27,28,34)/t18?,19?,20?,21?,22-,23?,24+/m0/s1. The number of hydrogen-bond donors (Lipinski definition) is 4. The zero-order valence-corrected chi connectivity index (χ0v) is 24.0. The molecule has 9 heteroatoms. The van der Waals surface area contributed by atoms with Crippen molar-refractivity contribution in [3.05, 3.63) is 0 Å². The van der Waals surface area contributed by atoms with Gasteiger partial charge >= 0.3 is 6.03 Å². The summed E-state index contributed by atoms with van der Waals surface area (Å²) in [5.41, 5.74) is 7.37. The molecule has 0 bridgehead atoms. The van der Waals surface area contributed by atoms with Crippen molar-refractivity contribution >= 4 is 17.8 Å². The predicted molar refractivity (Wildman–Crippen MR) is 145 cm³/mol. The van der Waals surface area contributed by atoms with Gasteiger partial charge in [-0.1, -0.05) is 47.5 Å². The molecule has 8 nitrogen and oxygen atoms in total. The number of urea groups is 1. The molecule has 0 aromatic carbocycles. The molecule has 0 spiro atoms. The van der Waals surface area contributed by atoms with Gasteiger partial charge in [-0.25, -0.2) is 25.7 Å². The molecule has 1 saturated carbocycles. The van der Waals surface area contributed by atoms with Gasteiger partial charge in [0, 0.05) is 43.7 Å². The Bertz CT molecular complexity index is 716. The Hall–Kier alpha value is -0.580. The Kier molecular flexibility index (Phi) is 8.97. The normalized spacial score (nSPS) is 37.5. The summed E-state index contributed by atoms with van der Waals surface area (Å²) in [5, 5.41) is 12.2. The van der Waals surface area contributed by atoms with E-state index in [-0.39, 0.29) is 17.6 Å². The molecule has 5 unspecified atom stereocenters. The fourth-order valence-electron chi connectivity index (χ4n) is 6.41. The average molecular weight is 510 g/mol. The van der Waals surface area contributed by atoms with Crippen molar-refractivity contribution < 1.29 is 4.79 Å². The third-order valence-corrected chi connectivity index (χ3v) is 10.4. The lowest BCUT2D eigenvalue weighted by Crippen LogP contribution is -2.51. The van der Waals surface area contributed by atoms with Gasteiger partial charge in [0.2, 0.25) is 0 Å². The number of carbonyl (C=O) groups excluding carboxylic acids is 1. The van der Waals surface area contributed by atoms with Crippen LogP contribution in [0, 0.1) is 17.3 Å². The van der Waals surface area contributed by atoms with Crippen LogP contribution in [0.3, 0.4) is 0 Å². The van der Waals surface area contributed by atoms with Crippen molar-refractivity contribution in [1.29, 1.82) is 0 Å². The van der Waals surface area contributed by atoms with Crippen LogP contribution in [0.1, 0.15) is 79.6 Å². The third kappa shape index (κ3) is 6.65. The molecule has 0 aromatic heterocycles. The number of hydrogen-bond acceptors (Lipinski definition) is 7. The van der Waals surface area contributed by atoms with Gasteiger partial charge in [0.25, 0.3) is 0 Å². The maximum absolute atomic E-state index is 12.8. The topological polar surface area (TPSA) is 74.9 Å². The van der Waals surface area contributed by atoms with Crippen molar-refractivity contribution in [2.24, 2.45) is 17.3 Å². The maximum atomic E-state index is 12.8. The van der Waals surface area contributed by atoms with Gasteiger partial charge in [-0.3, -0.25) is 4.90 Å². The van der Waals surface area contributed by atoms with Crippen LogP contribution in [0.25, 0.3) is 0 Å². The molecule has 1 aliphatic carbocycles. The minimum Gasteiger partial charge on any atom is -0.338 e. The minimum atomic E-state index is -0.0287. The van der Waals surface area contributed by atoms with Gasteiger partial charge in [-0.05, 0) is 49.4 Å². The van der Waals surface area contributed by atoms with E-state index in [1.165, 1.54) is 45.1 Å². The summed E-state index contributed by atoms with van der Waals surface area (Å²) in [5.74, 6) is 1.17. The van der Waals surface area contributed by atoms with Crippen LogP contribution < -0.4 is 21.5 Å². The lowest BCUT2D eigenvalue weighted by atomic mass is 9.85. The number of amides is 2. The van der Waals surface area contributed by atoms with Crippen LogP contribution in [0.2, 0.25) is 0 Å². The molecule has 202 valence electrons. The fourth-order valence-corrected chi connectivity index (χ4v) is 8.19. The lowest BCUT2D eigenvalue weighted by Gasteiger charge is -2.41. The number of piperidine rings is 1. The number of thioether (sulfide) groups is 1. The minimum absolute atomic E-state index is 0.0287. The Morgan fingerprint density at radius 1 is 1.06 bits per heavy atom. The Morgan fingerprint density at radius 2 is 1.80 bits per heavy atom. The van der Waals surface area contributed by atoms with Crippen LogP contribution >= 0.6 is 11.8 Å². The van der Waals surface area contributed by atoms with Gasteiger partial charge in [0.1, 0.15) is 0 Å². The molecule has 0 radical (unpaired) electrons. The first kappa shape index (κ1) is 27.5. The molecule has 2 amide bonds. The fraction of sp³-hybridized carbons (Fsp3) is 0.962. The Labute approximate surface area is 218 Å². The van der Waals surface area contributed by atoms with E-state index in [0.29, 0.717) is 40.7 Å². The molecule has 4 N–H and O–H groups in total. The highest BCUT2D eigenvalue weighted by molar-refractivity contribution is 8.00. The summed E-state index contributed by atoms with van der Waals surface area (Å²) < 4.78 is 0. The summed E-state index contributed by atoms with van der Waals surface area (Å²) in [7, 11) is 4.22. The smallest absolute Gasteiger partial charge is 0.316 e. The summed E-state index contributed by atoms with van der Waals surface area (Å²) in [4.78, 5) is 15.5. The first-order valence-electron chi connectivity index (χ1n) is 14.0. The molecule has 3 heterocycles.